The van der Waals surface area contributed by atoms with Gasteiger partial charge in [-0.25, -0.2) is 0 Å². The molecule has 0 aliphatic heterocycles. The van der Waals surface area contributed by atoms with Crippen molar-refractivity contribution in [2.24, 2.45) is 0 Å². The number of hydrogen-bond acceptors (Lipinski definition) is 3. The van der Waals surface area contributed by atoms with Crippen LogP contribution >= 0.6 is 0 Å². The van der Waals surface area contributed by atoms with Crippen molar-refractivity contribution in [3.63, 3.8) is 0 Å². The fraction of sp³-hybridized carbons (Fsp3) is 0.471. The Hall–Kier alpha value is -1.65. The quantitative estimate of drug-likeness (QED) is 0.809. The minimum absolute atomic E-state index is 0.283. The lowest BCUT2D eigenvalue weighted by Crippen LogP contribution is -2.18. The first kappa shape index (κ1) is 15.7. The topological polar surface area (TPSA) is 39.1 Å². The van der Waals surface area contributed by atoms with Crippen LogP contribution in [0.5, 0.6) is 0 Å². The van der Waals surface area contributed by atoms with Crippen LogP contribution in [-0.4, -0.2) is 16.4 Å². The first-order valence-electron chi connectivity index (χ1n) is 7.64. The zero-order chi connectivity index (χ0) is 15.1. The van der Waals surface area contributed by atoms with Gasteiger partial charge in [-0.2, -0.15) is 5.10 Å². The average Bonchev–Trinajstić information content (AvgIpc) is 3.00. The number of ether oxygens (including phenoxy) is 1. The second-order valence-electron chi connectivity index (χ2n) is 5.14. The largest absolute Gasteiger partial charge is 0.377 e. The summed E-state index contributed by atoms with van der Waals surface area (Å²) in [7, 11) is 0. The highest BCUT2D eigenvalue weighted by atomic mass is 16.5. The van der Waals surface area contributed by atoms with Crippen LogP contribution in [0, 0.1) is 0 Å². The van der Waals surface area contributed by atoms with Gasteiger partial charge >= 0.3 is 0 Å². The molecule has 2 aromatic rings. The predicted molar refractivity (Wildman–Crippen MR) is 84.9 cm³/mol. The van der Waals surface area contributed by atoms with Gasteiger partial charge in [0.2, 0.25) is 0 Å². The summed E-state index contributed by atoms with van der Waals surface area (Å²) in [6.45, 7) is 9.45. The van der Waals surface area contributed by atoms with Gasteiger partial charge in [-0.3, -0.25) is 4.68 Å². The van der Waals surface area contributed by atoms with Gasteiger partial charge < -0.3 is 10.1 Å². The van der Waals surface area contributed by atoms with E-state index in [4.69, 9.17) is 4.74 Å². The lowest BCUT2D eigenvalue weighted by Gasteiger charge is -2.14. The lowest BCUT2D eigenvalue weighted by atomic mass is 10.1. The molecule has 0 saturated heterocycles. The molecule has 0 spiro atoms. The highest BCUT2D eigenvalue weighted by molar-refractivity contribution is 5.26. The van der Waals surface area contributed by atoms with Crippen LogP contribution in [0.15, 0.2) is 36.7 Å². The van der Waals surface area contributed by atoms with Crippen molar-refractivity contribution in [3.05, 3.63) is 53.3 Å². The van der Waals surface area contributed by atoms with Gasteiger partial charge in [0.15, 0.2) is 0 Å². The van der Waals surface area contributed by atoms with E-state index in [1.807, 2.05) is 17.8 Å². The summed E-state index contributed by atoms with van der Waals surface area (Å²) in [6, 6.07) is 8.71. The average molecular weight is 287 g/mol. The first-order valence-corrected chi connectivity index (χ1v) is 7.64. The Balaban J connectivity index is 1.95. The molecule has 1 unspecified atom stereocenters. The molecule has 0 saturated carbocycles. The maximum atomic E-state index is 5.53. The Morgan fingerprint density at radius 2 is 2.00 bits per heavy atom. The standard InChI is InChI=1S/C17H25N3O/c1-4-20-12-17(11-19-20)14(3)18-10-15-8-6-7-9-16(15)13-21-5-2/h6-9,11-12,14,18H,4-5,10,13H2,1-3H3. The van der Waals surface area contributed by atoms with E-state index >= 15 is 0 Å². The molecule has 4 nitrogen and oxygen atoms in total. The first-order chi connectivity index (χ1) is 10.2. The molecule has 1 aromatic heterocycles. The summed E-state index contributed by atoms with van der Waals surface area (Å²) >= 11 is 0. The van der Waals surface area contributed by atoms with E-state index in [0.29, 0.717) is 6.61 Å². The molecule has 0 fully saturated rings. The summed E-state index contributed by atoms with van der Waals surface area (Å²) < 4.78 is 7.48. The highest BCUT2D eigenvalue weighted by Gasteiger charge is 2.09. The Bertz CT molecular complexity index is 550. The molecule has 1 heterocycles. The van der Waals surface area contributed by atoms with Crippen molar-refractivity contribution < 1.29 is 4.74 Å². The molecule has 0 aliphatic carbocycles. The van der Waals surface area contributed by atoms with E-state index < -0.39 is 0 Å². The molecule has 21 heavy (non-hydrogen) atoms. The molecular weight excluding hydrogens is 262 g/mol. The molecule has 114 valence electrons. The molecule has 1 aromatic carbocycles. The number of aromatic nitrogens is 2. The third kappa shape index (κ3) is 4.41. The number of nitrogens with zero attached hydrogens (tertiary/aromatic N) is 2. The minimum atomic E-state index is 0.283. The van der Waals surface area contributed by atoms with Crippen LogP contribution in [0.25, 0.3) is 0 Å². The maximum absolute atomic E-state index is 5.53. The molecule has 1 N–H and O–H groups in total. The van der Waals surface area contributed by atoms with Gasteiger partial charge in [-0.15, -0.1) is 0 Å². The fourth-order valence-electron chi connectivity index (χ4n) is 2.24. The van der Waals surface area contributed by atoms with Crippen LogP contribution in [-0.2, 0) is 24.4 Å². The molecule has 4 heteroatoms. The van der Waals surface area contributed by atoms with Crippen molar-refractivity contribution in [1.29, 1.82) is 0 Å². The second-order valence-corrected chi connectivity index (χ2v) is 5.14. The SMILES string of the molecule is CCOCc1ccccc1CNC(C)c1cnn(CC)c1. The summed E-state index contributed by atoms with van der Waals surface area (Å²) in [5, 5.41) is 7.89. The smallest absolute Gasteiger partial charge is 0.0719 e. The van der Waals surface area contributed by atoms with E-state index in [1.165, 1.54) is 16.7 Å². The van der Waals surface area contributed by atoms with Gasteiger partial charge in [0.25, 0.3) is 0 Å². The summed E-state index contributed by atoms with van der Waals surface area (Å²) in [5.74, 6) is 0. The van der Waals surface area contributed by atoms with Crippen LogP contribution in [0.1, 0.15) is 43.5 Å². The van der Waals surface area contributed by atoms with E-state index in [-0.39, 0.29) is 6.04 Å². The van der Waals surface area contributed by atoms with Crippen LogP contribution in [0.3, 0.4) is 0 Å². The third-order valence-corrected chi connectivity index (χ3v) is 3.66. The third-order valence-electron chi connectivity index (χ3n) is 3.66. The highest BCUT2D eigenvalue weighted by Crippen LogP contribution is 2.14. The summed E-state index contributed by atoms with van der Waals surface area (Å²) in [6.07, 6.45) is 4.04. The number of rotatable bonds is 8. The molecule has 0 bridgehead atoms. The molecule has 0 amide bonds. The monoisotopic (exact) mass is 287 g/mol. The van der Waals surface area contributed by atoms with Crippen LogP contribution in [0.2, 0.25) is 0 Å². The van der Waals surface area contributed by atoms with E-state index in [1.54, 1.807) is 0 Å². The number of aryl methyl sites for hydroxylation is 1. The predicted octanol–water partition coefficient (Wildman–Crippen LogP) is 3.29. The van der Waals surface area contributed by atoms with Crippen molar-refractivity contribution in [2.75, 3.05) is 6.61 Å². The Kier molecular flexibility index (Phi) is 5.96. The molecule has 0 aliphatic rings. The number of nitrogens with one attached hydrogen (secondary N) is 1. The summed E-state index contributed by atoms with van der Waals surface area (Å²) in [5.41, 5.74) is 3.77. The molecule has 1 atom stereocenters. The molecular formula is C17H25N3O. The van der Waals surface area contributed by atoms with Crippen LogP contribution in [0.4, 0.5) is 0 Å². The van der Waals surface area contributed by atoms with Gasteiger partial charge in [-0.1, -0.05) is 24.3 Å². The normalized spacial score (nSPS) is 12.5. The Morgan fingerprint density at radius 3 is 2.67 bits per heavy atom. The molecule has 2 rings (SSSR count). The van der Waals surface area contributed by atoms with Gasteiger partial charge in [0.05, 0.1) is 12.8 Å². The van der Waals surface area contributed by atoms with Crippen molar-refractivity contribution in [3.8, 4) is 0 Å². The number of hydrogen-bond donors (Lipinski definition) is 1. The minimum Gasteiger partial charge on any atom is -0.377 e. The maximum Gasteiger partial charge on any atom is 0.0719 e. The van der Waals surface area contributed by atoms with Gasteiger partial charge in [0, 0.05) is 37.5 Å². The van der Waals surface area contributed by atoms with Crippen molar-refractivity contribution >= 4 is 0 Å². The zero-order valence-electron chi connectivity index (χ0n) is 13.2. The Morgan fingerprint density at radius 1 is 1.24 bits per heavy atom. The van der Waals surface area contributed by atoms with E-state index in [2.05, 4.69) is 54.7 Å². The molecule has 0 radical (unpaired) electrons. The fourth-order valence-corrected chi connectivity index (χ4v) is 2.24. The van der Waals surface area contributed by atoms with E-state index in [0.717, 1.165) is 19.7 Å². The van der Waals surface area contributed by atoms with Crippen molar-refractivity contribution in [1.82, 2.24) is 15.1 Å². The number of benzene rings is 1. The second kappa shape index (κ2) is 7.96. The van der Waals surface area contributed by atoms with E-state index in [9.17, 15) is 0 Å². The van der Waals surface area contributed by atoms with Crippen LogP contribution < -0.4 is 5.32 Å². The van der Waals surface area contributed by atoms with Gasteiger partial charge in [0.1, 0.15) is 0 Å². The van der Waals surface area contributed by atoms with Gasteiger partial charge in [-0.05, 0) is 31.9 Å². The zero-order valence-corrected chi connectivity index (χ0v) is 13.2. The summed E-state index contributed by atoms with van der Waals surface area (Å²) in [4.78, 5) is 0. The van der Waals surface area contributed by atoms with Crippen molar-refractivity contribution in [2.45, 2.75) is 46.5 Å². The lowest BCUT2D eigenvalue weighted by molar-refractivity contribution is 0.133. The Labute approximate surface area is 127 Å².